The number of benzene rings is 1. The summed E-state index contributed by atoms with van der Waals surface area (Å²) in [7, 11) is 0. The topological polar surface area (TPSA) is 105 Å². The zero-order chi connectivity index (χ0) is 18.7. The first kappa shape index (κ1) is 20.4. The normalized spacial score (nSPS) is 10.2. The Bertz CT molecular complexity index is 588. The van der Waals surface area contributed by atoms with Crippen molar-refractivity contribution >= 4 is 23.2 Å². The van der Waals surface area contributed by atoms with E-state index in [4.69, 9.17) is 0 Å². The van der Waals surface area contributed by atoms with E-state index in [1.165, 1.54) is 6.07 Å². The Hall–Kier alpha value is -2.64. The van der Waals surface area contributed by atoms with Crippen LogP contribution < -0.4 is 10.6 Å². The molecule has 0 spiro atoms. The van der Waals surface area contributed by atoms with E-state index in [9.17, 15) is 19.7 Å². The van der Waals surface area contributed by atoms with Gasteiger partial charge in [-0.05, 0) is 26.3 Å². The van der Waals surface area contributed by atoms with E-state index in [-0.39, 0.29) is 17.5 Å². The molecule has 8 nitrogen and oxygen atoms in total. The molecule has 0 bridgehead atoms. The summed E-state index contributed by atoms with van der Waals surface area (Å²) in [6.07, 6.45) is 1.17. The van der Waals surface area contributed by atoms with Gasteiger partial charge in [-0.1, -0.05) is 12.1 Å². The van der Waals surface area contributed by atoms with Gasteiger partial charge in [-0.25, -0.2) is 0 Å². The summed E-state index contributed by atoms with van der Waals surface area (Å²) in [6.45, 7) is 5.96. The predicted molar refractivity (Wildman–Crippen MR) is 96.4 cm³/mol. The average Bonchev–Trinajstić information content (AvgIpc) is 2.60. The third kappa shape index (κ3) is 7.19. The summed E-state index contributed by atoms with van der Waals surface area (Å²) in [6, 6.07) is 6.36. The number of anilines is 1. The van der Waals surface area contributed by atoms with Crippen LogP contribution in [0.25, 0.3) is 0 Å². The smallest absolute Gasteiger partial charge is 0.292 e. The minimum atomic E-state index is -0.451. The van der Waals surface area contributed by atoms with E-state index in [2.05, 4.69) is 10.6 Å². The highest BCUT2D eigenvalue weighted by Gasteiger charge is 2.12. The quantitative estimate of drug-likeness (QED) is 0.361. The third-order valence-electron chi connectivity index (χ3n) is 3.77. The summed E-state index contributed by atoms with van der Waals surface area (Å²) in [5, 5.41) is 16.6. The van der Waals surface area contributed by atoms with E-state index < -0.39 is 4.92 Å². The lowest BCUT2D eigenvalue weighted by Gasteiger charge is -2.18. The maximum Gasteiger partial charge on any atom is 0.292 e. The van der Waals surface area contributed by atoms with E-state index in [0.717, 1.165) is 0 Å². The van der Waals surface area contributed by atoms with Crippen LogP contribution in [0.15, 0.2) is 24.3 Å². The number of nitro benzene ring substituents is 1. The lowest BCUT2D eigenvalue weighted by molar-refractivity contribution is -0.384. The van der Waals surface area contributed by atoms with Crippen LogP contribution in [-0.4, -0.2) is 47.8 Å². The van der Waals surface area contributed by atoms with E-state index in [1.54, 1.807) is 23.1 Å². The Labute approximate surface area is 147 Å². The Morgan fingerprint density at radius 3 is 2.44 bits per heavy atom. The molecule has 0 radical (unpaired) electrons. The van der Waals surface area contributed by atoms with Crippen molar-refractivity contribution in [1.82, 2.24) is 10.2 Å². The molecule has 1 rings (SSSR count). The zero-order valence-corrected chi connectivity index (χ0v) is 14.8. The van der Waals surface area contributed by atoms with Crippen LogP contribution in [-0.2, 0) is 9.59 Å². The highest BCUT2D eigenvalue weighted by Crippen LogP contribution is 2.22. The summed E-state index contributed by atoms with van der Waals surface area (Å²) in [5.74, 6) is -0.0624. The van der Waals surface area contributed by atoms with Gasteiger partial charge in [-0.2, -0.15) is 0 Å². The van der Waals surface area contributed by atoms with Crippen molar-refractivity contribution in [3.8, 4) is 0 Å². The number of nitrogens with one attached hydrogen (secondary N) is 2. The van der Waals surface area contributed by atoms with Gasteiger partial charge in [0.25, 0.3) is 5.69 Å². The van der Waals surface area contributed by atoms with Crippen molar-refractivity contribution < 1.29 is 14.5 Å². The lowest BCUT2D eigenvalue weighted by atomic mass is 10.2. The van der Waals surface area contributed by atoms with Gasteiger partial charge in [0.1, 0.15) is 5.69 Å². The predicted octanol–water partition coefficient (Wildman–Crippen LogP) is 2.16. The van der Waals surface area contributed by atoms with Gasteiger partial charge in [0.05, 0.1) is 4.92 Å². The maximum absolute atomic E-state index is 11.8. The first-order chi connectivity index (χ1) is 12.0. The number of hydrogen-bond donors (Lipinski definition) is 2. The fraction of sp³-hybridized carbons (Fsp3) is 0.529. The molecule has 0 aliphatic rings. The minimum Gasteiger partial charge on any atom is -0.378 e. The molecule has 0 aliphatic carbocycles. The van der Waals surface area contributed by atoms with Crippen LogP contribution in [0.3, 0.4) is 0 Å². The van der Waals surface area contributed by atoms with Gasteiger partial charge >= 0.3 is 0 Å². The molecule has 0 aromatic heterocycles. The number of para-hydroxylation sites is 2. The summed E-state index contributed by atoms with van der Waals surface area (Å²) < 4.78 is 0. The molecule has 0 aliphatic heterocycles. The maximum atomic E-state index is 11.8. The molecule has 2 N–H and O–H groups in total. The number of carbonyl (C=O) groups is 2. The van der Waals surface area contributed by atoms with Crippen molar-refractivity contribution in [3.63, 3.8) is 0 Å². The Kier molecular flexibility index (Phi) is 8.99. The van der Waals surface area contributed by atoms with Gasteiger partial charge in [0.15, 0.2) is 0 Å². The SMILES string of the molecule is CCN(CC)C(=O)CCCC(=O)NCCNc1ccccc1[N+](=O)[O-]. The molecule has 0 atom stereocenters. The summed E-state index contributed by atoms with van der Waals surface area (Å²) in [5.41, 5.74) is 0.426. The van der Waals surface area contributed by atoms with Crippen LogP contribution >= 0.6 is 0 Å². The fourth-order valence-electron chi connectivity index (χ4n) is 2.40. The number of rotatable bonds is 11. The first-order valence-electron chi connectivity index (χ1n) is 8.51. The molecule has 0 unspecified atom stereocenters. The van der Waals surface area contributed by atoms with Crippen LogP contribution in [0.1, 0.15) is 33.1 Å². The number of nitro groups is 1. The van der Waals surface area contributed by atoms with E-state index >= 15 is 0 Å². The van der Waals surface area contributed by atoms with Crippen LogP contribution in [0.2, 0.25) is 0 Å². The molecule has 138 valence electrons. The summed E-state index contributed by atoms with van der Waals surface area (Å²) in [4.78, 5) is 35.8. The molecule has 0 heterocycles. The fourth-order valence-corrected chi connectivity index (χ4v) is 2.40. The van der Waals surface area contributed by atoms with Crippen molar-refractivity contribution in [2.75, 3.05) is 31.5 Å². The second-order valence-electron chi connectivity index (χ2n) is 5.47. The monoisotopic (exact) mass is 350 g/mol. The molecule has 0 saturated heterocycles. The van der Waals surface area contributed by atoms with E-state index in [1.807, 2.05) is 13.8 Å². The zero-order valence-electron chi connectivity index (χ0n) is 14.8. The highest BCUT2D eigenvalue weighted by molar-refractivity contribution is 5.79. The molecule has 0 fully saturated rings. The molecule has 1 aromatic carbocycles. The molecule has 8 heteroatoms. The Morgan fingerprint density at radius 1 is 1.12 bits per heavy atom. The molecular weight excluding hydrogens is 324 g/mol. The Morgan fingerprint density at radius 2 is 1.80 bits per heavy atom. The van der Waals surface area contributed by atoms with Crippen molar-refractivity contribution in [2.24, 2.45) is 0 Å². The average molecular weight is 350 g/mol. The standard InChI is InChI=1S/C17H26N4O4/c1-3-20(4-2)17(23)11-7-10-16(22)19-13-12-18-14-8-5-6-9-15(14)21(24)25/h5-6,8-9,18H,3-4,7,10-13H2,1-2H3,(H,19,22). The van der Waals surface area contributed by atoms with Crippen LogP contribution in [0, 0.1) is 10.1 Å². The van der Waals surface area contributed by atoms with Crippen molar-refractivity contribution in [3.05, 3.63) is 34.4 Å². The molecule has 2 amide bonds. The number of nitrogens with zero attached hydrogens (tertiary/aromatic N) is 2. The second-order valence-corrected chi connectivity index (χ2v) is 5.47. The molecular formula is C17H26N4O4. The third-order valence-corrected chi connectivity index (χ3v) is 3.77. The Balaban J connectivity index is 2.23. The van der Waals surface area contributed by atoms with Gasteiger partial charge in [-0.15, -0.1) is 0 Å². The minimum absolute atomic E-state index is 0.00346. The number of amides is 2. The van der Waals surface area contributed by atoms with E-state index in [0.29, 0.717) is 51.1 Å². The first-order valence-corrected chi connectivity index (χ1v) is 8.51. The van der Waals surface area contributed by atoms with Gasteiger partial charge < -0.3 is 15.5 Å². The van der Waals surface area contributed by atoms with Crippen LogP contribution in [0.5, 0.6) is 0 Å². The van der Waals surface area contributed by atoms with Crippen molar-refractivity contribution in [2.45, 2.75) is 33.1 Å². The van der Waals surface area contributed by atoms with Gasteiger partial charge in [-0.3, -0.25) is 19.7 Å². The lowest BCUT2D eigenvalue weighted by Crippen LogP contribution is -2.31. The van der Waals surface area contributed by atoms with Crippen LogP contribution in [0.4, 0.5) is 11.4 Å². The number of hydrogen-bond acceptors (Lipinski definition) is 5. The second kappa shape index (κ2) is 11.0. The van der Waals surface area contributed by atoms with Gasteiger partial charge in [0, 0.05) is 45.1 Å². The molecule has 1 aromatic rings. The highest BCUT2D eigenvalue weighted by atomic mass is 16.6. The summed E-state index contributed by atoms with van der Waals surface area (Å²) >= 11 is 0. The van der Waals surface area contributed by atoms with Crippen molar-refractivity contribution in [1.29, 1.82) is 0 Å². The largest absolute Gasteiger partial charge is 0.378 e. The molecule has 0 saturated carbocycles. The number of carbonyl (C=O) groups excluding carboxylic acids is 2. The van der Waals surface area contributed by atoms with Gasteiger partial charge in [0.2, 0.25) is 11.8 Å². The molecule has 25 heavy (non-hydrogen) atoms.